The maximum Gasteiger partial charge on any atom is 0.255 e. The first-order chi connectivity index (χ1) is 15.4. The van der Waals surface area contributed by atoms with Gasteiger partial charge in [0.2, 0.25) is 5.91 Å². The van der Waals surface area contributed by atoms with Crippen LogP contribution in [0.4, 0.5) is 5.69 Å². The van der Waals surface area contributed by atoms with Crippen molar-refractivity contribution in [1.82, 2.24) is 15.2 Å². The number of thiophene rings is 1. The van der Waals surface area contributed by atoms with Crippen molar-refractivity contribution >= 4 is 68.0 Å². The molecule has 3 aromatic rings. The van der Waals surface area contributed by atoms with Crippen molar-refractivity contribution < 1.29 is 9.59 Å². The van der Waals surface area contributed by atoms with Gasteiger partial charge in [-0.2, -0.15) is 0 Å². The highest BCUT2D eigenvalue weighted by Gasteiger charge is 2.35. The van der Waals surface area contributed by atoms with E-state index in [1.54, 1.807) is 46.7 Å². The van der Waals surface area contributed by atoms with E-state index < -0.39 is 6.04 Å². The molecule has 32 heavy (non-hydrogen) atoms. The number of rotatable bonds is 5. The predicted octanol–water partition coefficient (Wildman–Crippen LogP) is 4.86. The molecule has 0 aliphatic carbocycles. The number of halogens is 3. The molecule has 0 radical (unpaired) electrons. The summed E-state index contributed by atoms with van der Waals surface area (Å²) in [4.78, 5) is 35.0. The molecule has 0 saturated carbocycles. The van der Waals surface area contributed by atoms with Crippen molar-refractivity contribution in [2.75, 3.05) is 24.5 Å². The Bertz CT molecular complexity index is 1130. The zero-order valence-electron chi connectivity index (χ0n) is 16.8. The average Bonchev–Trinajstić information content (AvgIpc) is 3.24. The molecule has 0 bridgehead atoms. The molecule has 2 aromatic heterocycles. The van der Waals surface area contributed by atoms with Gasteiger partial charge in [0.25, 0.3) is 5.91 Å². The van der Waals surface area contributed by atoms with E-state index >= 15 is 0 Å². The number of nitrogens with one attached hydrogen (secondary N) is 1. The minimum absolute atomic E-state index is 0.146. The number of pyridine rings is 1. The second kappa shape index (κ2) is 10.2. The highest BCUT2D eigenvalue weighted by Crippen LogP contribution is 2.30. The van der Waals surface area contributed by atoms with Crippen LogP contribution in [0.15, 0.2) is 58.6 Å². The number of amides is 2. The summed E-state index contributed by atoms with van der Waals surface area (Å²) in [7, 11) is 0. The minimum atomic E-state index is -0.579. The maximum absolute atomic E-state index is 13.2. The van der Waals surface area contributed by atoms with Crippen molar-refractivity contribution in [2.24, 2.45) is 0 Å². The summed E-state index contributed by atoms with van der Waals surface area (Å²) in [6.45, 7) is 1.60. The molecule has 1 aliphatic rings. The molecule has 166 valence electrons. The van der Waals surface area contributed by atoms with Gasteiger partial charge in [0.15, 0.2) is 0 Å². The van der Waals surface area contributed by atoms with E-state index in [9.17, 15) is 9.59 Å². The molecule has 1 atom stereocenters. The van der Waals surface area contributed by atoms with Crippen LogP contribution in [0.2, 0.25) is 10.0 Å². The topological polar surface area (TPSA) is 65.5 Å². The molecule has 1 fully saturated rings. The van der Waals surface area contributed by atoms with Gasteiger partial charge >= 0.3 is 0 Å². The number of carbonyl (C=O) groups excluding carboxylic acids is 2. The van der Waals surface area contributed by atoms with Crippen LogP contribution in [0, 0.1) is 0 Å². The molecular formula is C22H19BrCl2N4O2S. The Morgan fingerprint density at radius 2 is 2.00 bits per heavy atom. The Hall–Kier alpha value is -2.13. The van der Waals surface area contributed by atoms with Gasteiger partial charge in [-0.15, -0.1) is 11.3 Å². The molecule has 10 heteroatoms. The van der Waals surface area contributed by atoms with Gasteiger partial charge < -0.3 is 15.1 Å². The predicted molar refractivity (Wildman–Crippen MR) is 132 cm³/mol. The Balaban J connectivity index is 1.56. The van der Waals surface area contributed by atoms with E-state index in [0.29, 0.717) is 35.2 Å². The quantitative estimate of drug-likeness (QED) is 0.490. The molecule has 1 aromatic carbocycles. The van der Waals surface area contributed by atoms with E-state index in [1.165, 1.54) is 6.20 Å². The summed E-state index contributed by atoms with van der Waals surface area (Å²) in [5, 5.41) is 3.87. The van der Waals surface area contributed by atoms with Gasteiger partial charge in [-0.05, 0) is 58.4 Å². The second-order valence-electron chi connectivity index (χ2n) is 7.22. The van der Waals surface area contributed by atoms with Crippen molar-refractivity contribution in [3.05, 3.63) is 79.1 Å². The zero-order valence-corrected chi connectivity index (χ0v) is 20.7. The van der Waals surface area contributed by atoms with Crippen molar-refractivity contribution in [3.8, 4) is 0 Å². The summed E-state index contributed by atoms with van der Waals surface area (Å²) in [6, 6.07) is 12.1. The van der Waals surface area contributed by atoms with Crippen LogP contribution in [0.1, 0.15) is 15.2 Å². The minimum Gasteiger partial charge on any atom is -0.356 e. The molecule has 1 aliphatic heterocycles. The molecule has 3 heterocycles. The summed E-state index contributed by atoms with van der Waals surface area (Å²) >= 11 is 17.3. The summed E-state index contributed by atoms with van der Waals surface area (Å²) in [6.07, 6.45) is 3.16. The van der Waals surface area contributed by atoms with Crippen LogP contribution in [0.25, 0.3) is 0 Å². The fourth-order valence-electron chi connectivity index (χ4n) is 3.58. The number of benzene rings is 1. The molecule has 1 saturated heterocycles. The Kier molecular flexibility index (Phi) is 7.35. The third kappa shape index (κ3) is 5.26. The van der Waals surface area contributed by atoms with Crippen molar-refractivity contribution in [2.45, 2.75) is 12.6 Å². The zero-order chi connectivity index (χ0) is 22.7. The lowest BCUT2D eigenvalue weighted by molar-refractivity contribution is -0.123. The summed E-state index contributed by atoms with van der Waals surface area (Å²) < 4.78 is 1.00. The normalized spacial score (nSPS) is 16.2. The van der Waals surface area contributed by atoms with Gasteiger partial charge in [-0.3, -0.25) is 14.6 Å². The maximum atomic E-state index is 13.2. The van der Waals surface area contributed by atoms with Gasteiger partial charge in [0.1, 0.15) is 6.04 Å². The van der Waals surface area contributed by atoms with Crippen molar-refractivity contribution in [1.29, 1.82) is 0 Å². The third-order valence-electron chi connectivity index (χ3n) is 5.18. The van der Waals surface area contributed by atoms with Gasteiger partial charge in [0, 0.05) is 36.0 Å². The SMILES string of the molecule is O=C(NCc1ccc(Br)s1)[C@@H]1CN(C(=O)c2cccnc2)CCN1c1ccc(Cl)c(Cl)c1. The smallest absolute Gasteiger partial charge is 0.255 e. The summed E-state index contributed by atoms with van der Waals surface area (Å²) in [5.41, 5.74) is 1.28. The number of piperazine rings is 1. The van der Waals surface area contributed by atoms with Crippen LogP contribution in [-0.2, 0) is 11.3 Å². The van der Waals surface area contributed by atoms with Gasteiger partial charge in [-0.1, -0.05) is 23.2 Å². The molecule has 0 unspecified atom stereocenters. The fraction of sp³-hybridized carbons (Fsp3) is 0.227. The first kappa shape index (κ1) is 23.0. The van der Waals surface area contributed by atoms with Crippen LogP contribution < -0.4 is 10.2 Å². The van der Waals surface area contributed by atoms with E-state index in [-0.39, 0.29) is 18.4 Å². The number of carbonyl (C=O) groups is 2. The van der Waals surface area contributed by atoms with Gasteiger partial charge in [-0.25, -0.2) is 0 Å². The average molecular weight is 554 g/mol. The Labute approximate surface area is 208 Å². The lowest BCUT2D eigenvalue weighted by atomic mass is 10.1. The summed E-state index contributed by atoms with van der Waals surface area (Å²) in [5.74, 6) is -0.309. The van der Waals surface area contributed by atoms with Gasteiger partial charge in [0.05, 0.1) is 32.5 Å². The van der Waals surface area contributed by atoms with Crippen molar-refractivity contribution in [3.63, 3.8) is 0 Å². The molecule has 1 N–H and O–H groups in total. The Morgan fingerprint density at radius 1 is 1.16 bits per heavy atom. The first-order valence-electron chi connectivity index (χ1n) is 9.85. The van der Waals surface area contributed by atoms with E-state index in [0.717, 1.165) is 14.4 Å². The molecule has 4 rings (SSSR count). The van der Waals surface area contributed by atoms with E-state index in [1.807, 2.05) is 23.1 Å². The second-order valence-corrected chi connectivity index (χ2v) is 10.6. The lowest BCUT2D eigenvalue weighted by Gasteiger charge is -2.42. The van der Waals surface area contributed by atoms with Crippen LogP contribution >= 0.6 is 50.5 Å². The number of aromatic nitrogens is 1. The number of nitrogens with zero attached hydrogens (tertiary/aromatic N) is 3. The number of hydrogen-bond acceptors (Lipinski definition) is 5. The molecule has 6 nitrogen and oxygen atoms in total. The fourth-order valence-corrected chi connectivity index (χ4v) is 5.29. The van der Waals surface area contributed by atoms with E-state index in [4.69, 9.17) is 23.2 Å². The highest BCUT2D eigenvalue weighted by molar-refractivity contribution is 9.11. The molecular weight excluding hydrogens is 535 g/mol. The third-order valence-corrected chi connectivity index (χ3v) is 7.54. The lowest BCUT2D eigenvalue weighted by Crippen LogP contribution is -2.60. The largest absolute Gasteiger partial charge is 0.356 e. The first-order valence-corrected chi connectivity index (χ1v) is 12.2. The Morgan fingerprint density at radius 3 is 2.69 bits per heavy atom. The molecule has 0 spiro atoms. The van der Waals surface area contributed by atoms with E-state index in [2.05, 4.69) is 26.2 Å². The van der Waals surface area contributed by atoms with Crippen LogP contribution in [0.5, 0.6) is 0 Å². The standard InChI is InChI=1S/C22H19BrCl2N4O2S/c23-20-6-4-16(32-20)12-27-21(30)19-13-28(22(31)14-2-1-7-26-11-14)8-9-29(19)15-3-5-17(24)18(25)10-15/h1-7,10-11,19H,8-9,12-13H2,(H,27,30)/t19-/m0/s1. The monoisotopic (exact) mass is 552 g/mol. The number of anilines is 1. The van der Waals surface area contributed by atoms with Crippen LogP contribution in [0.3, 0.4) is 0 Å². The molecule has 2 amide bonds. The van der Waals surface area contributed by atoms with Crippen LogP contribution in [-0.4, -0.2) is 47.4 Å². The number of hydrogen-bond donors (Lipinski definition) is 1. The highest BCUT2D eigenvalue weighted by atomic mass is 79.9.